The molecule has 0 amide bonds. The summed E-state index contributed by atoms with van der Waals surface area (Å²) in [6.45, 7) is 7.14. The van der Waals surface area contributed by atoms with Gasteiger partial charge in [0.2, 0.25) is 5.95 Å². The van der Waals surface area contributed by atoms with Crippen LogP contribution < -0.4 is 0 Å². The van der Waals surface area contributed by atoms with Crippen LogP contribution in [0.5, 0.6) is 0 Å². The van der Waals surface area contributed by atoms with Crippen molar-refractivity contribution in [3.05, 3.63) is 82.6 Å². The second kappa shape index (κ2) is 13.8. The van der Waals surface area contributed by atoms with E-state index in [9.17, 15) is 22.0 Å². The van der Waals surface area contributed by atoms with Gasteiger partial charge in [-0.15, -0.1) is 0 Å². The first kappa shape index (κ1) is 29.1. The number of hydrogen-bond donors (Lipinski definition) is 0. The van der Waals surface area contributed by atoms with E-state index in [1.54, 1.807) is 6.07 Å². The zero-order chi connectivity index (χ0) is 26.7. The van der Waals surface area contributed by atoms with Crippen LogP contribution >= 0.6 is 0 Å². The molecule has 0 saturated carbocycles. The maximum absolute atomic E-state index is 13.1. The highest BCUT2D eigenvalue weighted by Gasteiger charge is 2.32. The molecule has 3 nitrogen and oxygen atoms in total. The first-order valence-electron chi connectivity index (χ1n) is 11.9. The van der Waals surface area contributed by atoms with Crippen LogP contribution in [0.4, 0.5) is 22.0 Å². The summed E-state index contributed by atoms with van der Waals surface area (Å²) in [5, 5.41) is 0. The van der Waals surface area contributed by atoms with Crippen molar-refractivity contribution in [1.82, 2.24) is 4.98 Å². The number of nitrogens with zero attached hydrogens (tertiary/aromatic N) is 3. The molecule has 8 heteroatoms. The van der Waals surface area contributed by atoms with Crippen molar-refractivity contribution in [3.8, 4) is 0 Å². The molecule has 1 atom stereocenters. The third-order valence-electron chi connectivity index (χ3n) is 5.89. The summed E-state index contributed by atoms with van der Waals surface area (Å²) in [5.74, 6) is -0.281. The molecule has 0 aliphatic carbocycles. The molecule has 2 aromatic rings. The predicted octanol–water partition coefficient (Wildman–Crippen LogP) is 7.89. The van der Waals surface area contributed by atoms with Gasteiger partial charge in [-0.25, -0.2) is 9.37 Å². The molecule has 1 unspecified atom stereocenters. The Balaban J connectivity index is 2.13. The lowest BCUT2D eigenvalue weighted by molar-refractivity contribution is -0.0859. The number of aliphatic imine (C=N–C) groups is 2. The Morgan fingerprint density at radius 3 is 2.50 bits per heavy atom. The molecule has 0 bridgehead atoms. The zero-order valence-electron chi connectivity index (χ0n) is 21.0. The number of aryl methyl sites for hydroxylation is 2. The van der Waals surface area contributed by atoms with E-state index in [-0.39, 0.29) is 12.5 Å². The van der Waals surface area contributed by atoms with Crippen LogP contribution in [0.1, 0.15) is 55.9 Å². The molecule has 36 heavy (non-hydrogen) atoms. The SMILES string of the molecule is CCC(C)/C(=C\N=C(/C)c1ccc(F)nc1)c1ccc(CCC/N=C\C(=C/CF)C(F)(F)F)cc1C. The topological polar surface area (TPSA) is 37.6 Å². The largest absolute Gasteiger partial charge is 0.417 e. The molecule has 0 aliphatic rings. The lowest BCUT2D eigenvalue weighted by Gasteiger charge is -2.17. The monoisotopic (exact) mass is 505 g/mol. The highest BCUT2D eigenvalue weighted by atomic mass is 19.4. The average molecular weight is 506 g/mol. The van der Waals surface area contributed by atoms with Crippen molar-refractivity contribution in [3.63, 3.8) is 0 Å². The number of alkyl halides is 4. The van der Waals surface area contributed by atoms with Gasteiger partial charge in [0, 0.05) is 36.4 Å². The highest BCUT2D eigenvalue weighted by molar-refractivity contribution is 5.99. The molecule has 0 aliphatic heterocycles. The van der Waals surface area contributed by atoms with Gasteiger partial charge in [0.05, 0.1) is 5.57 Å². The maximum atomic E-state index is 13.1. The smallest absolute Gasteiger partial charge is 0.293 e. The van der Waals surface area contributed by atoms with Crippen molar-refractivity contribution in [2.45, 2.75) is 53.1 Å². The van der Waals surface area contributed by atoms with Crippen molar-refractivity contribution < 1.29 is 22.0 Å². The third kappa shape index (κ3) is 8.81. The van der Waals surface area contributed by atoms with E-state index >= 15 is 0 Å². The van der Waals surface area contributed by atoms with Gasteiger partial charge in [0.15, 0.2) is 0 Å². The van der Waals surface area contributed by atoms with Crippen LogP contribution in [-0.2, 0) is 6.42 Å². The predicted molar refractivity (Wildman–Crippen MR) is 137 cm³/mol. The minimum Gasteiger partial charge on any atom is -0.293 e. The molecular formula is C28H32F5N3. The van der Waals surface area contributed by atoms with Crippen LogP contribution in [0.2, 0.25) is 0 Å². The van der Waals surface area contributed by atoms with Crippen LogP contribution in [-0.4, -0.2) is 36.3 Å². The number of hydrogen-bond acceptors (Lipinski definition) is 3. The van der Waals surface area contributed by atoms with Gasteiger partial charge in [0.1, 0.15) is 6.67 Å². The van der Waals surface area contributed by atoms with Gasteiger partial charge in [0.25, 0.3) is 0 Å². The fraction of sp³-hybridized carbons (Fsp3) is 0.393. The van der Waals surface area contributed by atoms with Crippen molar-refractivity contribution in [2.75, 3.05) is 13.2 Å². The molecular weight excluding hydrogens is 473 g/mol. The Bertz CT molecular complexity index is 1110. The number of benzene rings is 1. The number of aromatic nitrogens is 1. The molecule has 0 spiro atoms. The van der Waals surface area contributed by atoms with Crippen LogP contribution in [0.15, 0.2) is 64.4 Å². The van der Waals surface area contributed by atoms with Crippen molar-refractivity contribution in [1.29, 1.82) is 0 Å². The number of allylic oxidation sites excluding steroid dienone is 3. The molecule has 0 N–H and O–H groups in total. The van der Waals surface area contributed by atoms with Gasteiger partial charge < -0.3 is 0 Å². The van der Waals surface area contributed by atoms with Crippen LogP contribution in [0.3, 0.4) is 0 Å². The Labute approximate surface area is 209 Å². The maximum Gasteiger partial charge on any atom is 0.417 e. The minimum atomic E-state index is -4.61. The molecule has 1 aromatic heterocycles. The third-order valence-corrected chi connectivity index (χ3v) is 5.89. The van der Waals surface area contributed by atoms with Gasteiger partial charge in [-0.05, 0) is 79.5 Å². The summed E-state index contributed by atoms with van der Waals surface area (Å²) in [4.78, 5) is 12.1. The summed E-state index contributed by atoms with van der Waals surface area (Å²) in [6.07, 6.45) is 2.03. The second-order valence-electron chi connectivity index (χ2n) is 8.58. The molecule has 0 radical (unpaired) electrons. The molecule has 1 aromatic carbocycles. The van der Waals surface area contributed by atoms with E-state index in [2.05, 4.69) is 34.9 Å². The quantitative estimate of drug-likeness (QED) is 0.132. The standard InChI is InChI=1S/C28H32F5N3/c1-5-19(2)26(18-35-21(4)23-9-11-27(30)36-16-23)25-10-8-22(15-20(25)3)7-6-14-34-17-24(12-13-29)28(31,32)33/h8-12,15-19H,5-7,13-14H2,1-4H3/b24-12+,26-18+,34-17-,35-21+. The van der Waals surface area contributed by atoms with Gasteiger partial charge in [-0.3, -0.25) is 9.98 Å². The molecule has 0 fully saturated rings. The fourth-order valence-corrected chi connectivity index (χ4v) is 3.58. The lowest BCUT2D eigenvalue weighted by Crippen LogP contribution is -2.13. The minimum absolute atomic E-state index is 0.213. The number of rotatable bonds is 11. The van der Waals surface area contributed by atoms with Gasteiger partial charge >= 0.3 is 6.18 Å². The van der Waals surface area contributed by atoms with E-state index in [0.717, 1.165) is 40.0 Å². The van der Waals surface area contributed by atoms with Crippen LogP contribution in [0.25, 0.3) is 5.57 Å². The summed E-state index contributed by atoms with van der Waals surface area (Å²) < 4.78 is 63.7. The van der Waals surface area contributed by atoms with Crippen molar-refractivity contribution >= 4 is 17.5 Å². The normalized spacial score (nSPS) is 14.5. The average Bonchev–Trinajstić information content (AvgIpc) is 2.83. The van der Waals surface area contributed by atoms with E-state index < -0.39 is 24.4 Å². The fourth-order valence-electron chi connectivity index (χ4n) is 3.58. The van der Waals surface area contributed by atoms with Gasteiger partial charge in [-0.1, -0.05) is 32.0 Å². The van der Waals surface area contributed by atoms with E-state index in [0.29, 0.717) is 25.1 Å². The lowest BCUT2D eigenvalue weighted by atomic mass is 9.89. The van der Waals surface area contributed by atoms with Gasteiger partial charge in [-0.2, -0.15) is 17.6 Å². The first-order valence-corrected chi connectivity index (χ1v) is 11.9. The van der Waals surface area contributed by atoms with E-state index in [1.165, 1.54) is 12.3 Å². The molecule has 2 rings (SSSR count). The van der Waals surface area contributed by atoms with E-state index in [1.807, 2.05) is 32.2 Å². The summed E-state index contributed by atoms with van der Waals surface area (Å²) in [7, 11) is 0. The Kier molecular flexibility index (Phi) is 11.1. The number of halogens is 5. The Morgan fingerprint density at radius 1 is 1.17 bits per heavy atom. The Hall–Kier alpha value is -3.16. The summed E-state index contributed by atoms with van der Waals surface area (Å²) >= 11 is 0. The van der Waals surface area contributed by atoms with E-state index in [4.69, 9.17) is 0 Å². The second-order valence-corrected chi connectivity index (χ2v) is 8.58. The highest BCUT2D eigenvalue weighted by Crippen LogP contribution is 2.29. The Morgan fingerprint density at radius 2 is 1.92 bits per heavy atom. The van der Waals surface area contributed by atoms with Crippen molar-refractivity contribution in [2.24, 2.45) is 15.9 Å². The zero-order valence-corrected chi connectivity index (χ0v) is 21.0. The molecule has 0 saturated heterocycles. The summed E-state index contributed by atoms with van der Waals surface area (Å²) in [6, 6.07) is 9.07. The molecule has 194 valence electrons. The molecule has 1 heterocycles. The van der Waals surface area contributed by atoms with Crippen LogP contribution in [0, 0.1) is 18.8 Å². The summed E-state index contributed by atoms with van der Waals surface area (Å²) in [5.41, 5.74) is 4.70. The number of pyridine rings is 1. The first-order chi connectivity index (χ1) is 17.1.